The first-order chi connectivity index (χ1) is 9.59. The molecule has 2 N–H and O–H groups in total. The van der Waals surface area contributed by atoms with E-state index < -0.39 is 11.5 Å². The highest BCUT2D eigenvalue weighted by Crippen LogP contribution is 2.31. The molecule has 2 unspecified atom stereocenters. The number of aliphatic carboxylic acids is 1. The van der Waals surface area contributed by atoms with Gasteiger partial charge in [0.05, 0.1) is 13.2 Å². The summed E-state index contributed by atoms with van der Waals surface area (Å²) < 4.78 is 10.8. The normalized spacial score (nSPS) is 26.0. The number of carboxylic acid groups (broad SMARTS) is 1. The fourth-order valence-corrected chi connectivity index (χ4v) is 2.55. The molecule has 0 spiro atoms. The predicted octanol–water partition coefficient (Wildman–Crippen LogP) is 2.52. The molecule has 5 nitrogen and oxygen atoms in total. The van der Waals surface area contributed by atoms with Crippen LogP contribution in [0.5, 0.6) is 5.75 Å². The van der Waals surface area contributed by atoms with E-state index in [4.69, 9.17) is 9.47 Å². The van der Waals surface area contributed by atoms with Crippen LogP contribution in [0.25, 0.3) is 0 Å². The number of methoxy groups -OCH3 is 1. The molecule has 1 aromatic carbocycles. The van der Waals surface area contributed by atoms with Gasteiger partial charge < -0.3 is 19.9 Å². The summed E-state index contributed by atoms with van der Waals surface area (Å²) in [5, 5.41) is 12.8. The van der Waals surface area contributed by atoms with Gasteiger partial charge in [-0.1, -0.05) is 13.0 Å². The summed E-state index contributed by atoms with van der Waals surface area (Å²) in [6, 6.07) is 7.33. The van der Waals surface area contributed by atoms with Gasteiger partial charge in [-0.3, -0.25) is 0 Å². The number of benzene rings is 1. The van der Waals surface area contributed by atoms with E-state index >= 15 is 0 Å². The fraction of sp³-hybridized carbons (Fsp3) is 0.533. The summed E-state index contributed by atoms with van der Waals surface area (Å²) in [6.45, 7) is 2.47. The van der Waals surface area contributed by atoms with E-state index in [0.717, 1.165) is 12.1 Å². The number of ether oxygens (including phenoxy) is 2. The number of carbonyl (C=O) groups is 1. The number of hydrogen-bond donors (Lipinski definition) is 2. The van der Waals surface area contributed by atoms with Crippen LogP contribution in [0.1, 0.15) is 26.2 Å². The molecule has 1 aliphatic rings. The minimum Gasteiger partial charge on any atom is -0.497 e. The van der Waals surface area contributed by atoms with E-state index in [2.05, 4.69) is 5.32 Å². The second-order valence-corrected chi connectivity index (χ2v) is 5.10. The molecule has 2 rings (SSSR count). The summed E-state index contributed by atoms with van der Waals surface area (Å²) in [6.07, 6.45) is 1.72. The molecule has 1 aromatic rings. The zero-order chi connectivity index (χ0) is 14.6. The third kappa shape index (κ3) is 3.04. The van der Waals surface area contributed by atoms with Gasteiger partial charge in [0.2, 0.25) is 0 Å². The maximum Gasteiger partial charge on any atom is 0.329 e. The Hall–Kier alpha value is -1.75. The van der Waals surface area contributed by atoms with Crippen LogP contribution in [0.4, 0.5) is 5.69 Å². The molecule has 1 aliphatic heterocycles. The van der Waals surface area contributed by atoms with E-state index in [1.807, 2.05) is 25.1 Å². The molecule has 0 radical (unpaired) electrons. The van der Waals surface area contributed by atoms with Crippen LogP contribution in [0.3, 0.4) is 0 Å². The molecule has 1 saturated heterocycles. The third-order valence-corrected chi connectivity index (χ3v) is 3.78. The van der Waals surface area contributed by atoms with Crippen molar-refractivity contribution in [3.63, 3.8) is 0 Å². The molecule has 0 saturated carbocycles. The first-order valence-corrected chi connectivity index (χ1v) is 6.87. The summed E-state index contributed by atoms with van der Waals surface area (Å²) in [7, 11) is 1.59. The molecule has 0 aromatic heterocycles. The quantitative estimate of drug-likeness (QED) is 0.867. The van der Waals surface area contributed by atoms with Crippen molar-refractivity contribution in [3.8, 4) is 5.75 Å². The van der Waals surface area contributed by atoms with Crippen LogP contribution in [0, 0.1) is 0 Å². The molecule has 1 fully saturated rings. The molecule has 0 amide bonds. The molecule has 0 aliphatic carbocycles. The van der Waals surface area contributed by atoms with Crippen molar-refractivity contribution < 1.29 is 19.4 Å². The Morgan fingerprint density at radius 3 is 3.05 bits per heavy atom. The molecular formula is C15H21NO4. The monoisotopic (exact) mass is 279 g/mol. The number of hydrogen-bond acceptors (Lipinski definition) is 4. The number of nitrogens with one attached hydrogen (secondary N) is 1. The summed E-state index contributed by atoms with van der Waals surface area (Å²) in [4.78, 5) is 11.7. The van der Waals surface area contributed by atoms with Gasteiger partial charge in [-0.05, 0) is 18.6 Å². The number of rotatable bonds is 5. The summed E-state index contributed by atoms with van der Waals surface area (Å²) in [5.41, 5.74) is -0.214. The largest absolute Gasteiger partial charge is 0.497 e. The van der Waals surface area contributed by atoms with Gasteiger partial charge in [0.15, 0.2) is 0 Å². The van der Waals surface area contributed by atoms with Gasteiger partial charge in [-0.2, -0.15) is 0 Å². The first-order valence-electron chi connectivity index (χ1n) is 6.87. The second-order valence-electron chi connectivity index (χ2n) is 5.10. The maximum atomic E-state index is 11.7. The molecule has 1 heterocycles. The van der Waals surface area contributed by atoms with Gasteiger partial charge in [-0.25, -0.2) is 4.79 Å². The lowest BCUT2D eigenvalue weighted by atomic mass is 9.85. The number of anilines is 1. The molecule has 2 atom stereocenters. The second kappa shape index (κ2) is 6.13. The smallest absolute Gasteiger partial charge is 0.329 e. The lowest BCUT2D eigenvalue weighted by Gasteiger charge is -2.38. The van der Waals surface area contributed by atoms with Crippen molar-refractivity contribution in [1.29, 1.82) is 0 Å². The lowest BCUT2D eigenvalue weighted by Crippen LogP contribution is -2.52. The standard InChI is InChI=1S/C15H21NO4/c1-3-12-10-15(14(17)18,7-8-20-12)16-11-5-4-6-13(9-11)19-2/h4-6,9,12,16H,3,7-8,10H2,1-2H3,(H,17,18). The van der Waals surface area contributed by atoms with Gasteiger partial charge in [0.1, 0.15) is 11.3 Å². The van der Waals surface area contributed by atoms with Crippen LogP contribution >= 0.6 is 0 Å². The Labute approximate surface area is 118 Å². The van der Waals surface area contributed by atoms with Crippen molar-refractivity contribution in [2.24, 2.45) is 0 Å². The average Bonchev–Trinajstić information content (AvgIpc) is 2.47. The van der Waals surface area contributed by atoms with Crippen molar-refractivity contribution >= 4 is 11.7 Å². The zero-order valence-corrected chi connectivity index (χ0v) is 11.9. The molecule has 5 heteroatoms. The minimum absolute atomic E-state index is 0.0158. The maximum absolute atomic E-state index is 11.7. The summed E-state index contributed by atoms with van der Waals surface area (Å²) in [5.74, 6) is -0.128. The van der Waals surface area contributed by atoms with Crippen LogP contribution in [0.2, 0.25) is 0 Å². The van der Waals surface area contributed by atoms with Crippen molar-refractivity contribution in [2.45, 2.75) is 37.8 Å². The van der Waals surface area contributed by atoms with E-state index in [0.29, 0.717) is 25.2 Å². The van der Waals surface area contributed by atoms with Gasteiger partial charge >= 0.3 is 5.97 Å². The lowest BCUT2D eigenvalue weighted by molar-refractivity contribution is -0.148. The Morgan fingerprint density at radius 2 is 2.40 bits per heavy atom. The Kier molecular flexibility index (Phi) is 4.49. The van der Waals surface area contributed by atoms with E-state index in [-0.39, 0.29) is 6.10 Å². The first kappa shape index (κ1) is 14.7. The van der Waals surface area contributed by atoms with Crippen molar-refractivity contribution in [2.75, 3.05) is 19.0 Å². The Bertz CT molecular complexity index is 477. The molecular weight excluding hydrogens is 258 g/mol. The minimum atomic E-state index is -0.967. The third-order valence-electron chi connectivity index (χ3n) is 3.78. The molecule has 20 heavy (non-hydrogen) atoms. The highest BCUT2D eigenvalue weighted by molar-refractivity contribution is 5.83. The predicted molar refractivity (Wildman–Crippen MR) is 76.2 cm³/mol. The van der Waals surface area contributed by atoms with Gasteiger partial charge in [-0.15, -0.1) is 0 Å². The highest BCUT2D eigenvalue weighted by atomic mass is 16.5. The molecule has 110 valence electrons. The molecule has 0 bridgehead atoms. The SMILES string of the molecule is CCC1CC(Nc2cccc(OC)c2)(C(=O)O)CCO1. The van der Waals surface area contributed by atoms with Crippen LogP contribution in [-0.4, -0.2) is 36.4 Å². The van der Waals surface area contributed by atoms with Crippen molar-refractivity contribution in [1.82, 2.24) is 0 Å². The zero-order valence-electron chi connectivity index (χ0n) is 11.9. The Morgan fingerprint density at radius 1 is 1.60 bits per heavy atom. The number of carboxylic acids is 1. The van der Waals surface area contributed by atoms with E-state index in [1.54, 1.807) is 13.2 Å². The van der Waals surface area contributed by atoms with Crippen LogP contribution in [-0.2, 0) is 9.53 Å². The topological polar surface area (TPSA) is 67.8 Å². The Balaban J connectivity index is 2.22. The van der Waals surface area contributed by atoms with Crippen LogP contribution in [0.15, 0.2) is 24.3 Å². The average molecular weight is 279 g/mol. The van der Waals surface area contributed by atoms with Gasteiger partial charge in [0, 0.05) is 31.2 Å². The summed E-state index contributed by atoms with van der Waals surface area (Å²) >= 11 is 0. The van der Waals surface area contributed by atoms with E-state index in [1.165, 1.54) is 0 Å². The fourth-order valence-electron chi connectivity index (χ4n) is 2.55. The van der Waals surface area contributed by atoms with Crippen LogP contribution < -0.4 is 10.1 Å². The van der Waals surface area contributed by atoms with E-state index in [9.17, 15) is 9.90 Å². The van der Waals surface area contributed by atoms with Gasteiger partial charge in [0.25, 0.3) is 0 Å². The highest BCUT2D eigenvalue weighted by Gasteiger charge is 2.43. The van der Waals surface area contributed by atoms with Crippen molar-refractivity contribution in [3.05, 3.63) is 24.3 Å².